The van der Waals surface area contributed by atoms with Gasteiger partial charge in [-0.3, -0.25) is 0 Å². The first-order chi connectivity index (χ1) is 9.26. The standard InChI is InChI=1S/C16H21NO2/c18-16(7-9-17-8-2-4-13(17)11-16)14-5-1-3-12-6-10-19-15(12)14/h1,3,5,13,18H,2,4,6-11H2. The molecule has 3 aliphatic heterocycles. The third-order valence-electron chi connectivity index (χ3n) is 5.10. The van der Waals surface area contributed by atoms with E-state index in [-0.39, 0.29) is 0 Å². The van der Waals surface area contributed by atoms with Crippen molar-refractivity contribution in [3.8, 4) is 5.75 Å². The van der Waals surface area contributed by atoms with E-state index in [2.05, 4.69) is 23.1 Å². The highest BCUT2D eigenvalue weighted by atomic mass is 16.5. The van der Waals surface area contributed by atoms with E-state index in [1.54, 1.807) is 0 Å². The Morgan fingerprint density at radius 3 is 3.21 bits per heavy atom. The summed E-state index contributed by atoms with van der Waals surface area (Å²) >= 11 is 0. The number of piperidine rings is 1. The quantitative estimate of drug-likeness (QED) is 0.838. The summed E-state index contributed by atoms with van der Waals surface area (Å²) < 4.78 is 5.79. The van der Waals surface area contributed by atoms with Crippen molar-refractivity contribution in [2.75, 3.05) is 19.7 Å². The van der Waals surface area contributed by atoms with Crippen molar-refractivity contribution < 1.29 is 9.84 Å². The highest BCUT2D eigenvalue weighted by molar-refractivity contribution is 5.47. The van der Waals surface area contributed by atoms with Crippen molar-refractivity contribution >= 4 is 0 Å². The molecule has 2 atom stereocenters. The van der Waals surface area contributed by atoms with E-state index in [4.69, 9.17) is 4.74 Å². The average molecular weight is 259 g/mol. The molecule has 0 radical (unpaired) electrons. The number of fused-ring (bicyclic) bond motifs is 2. The monoisotopic (exact) mass is 259 g/mol. The van der Waals surface area contributed by atoms with Crippen LogP contribution in [0.3, 0.4) is 0 Å². The topological polar surface area (TPSA) is 32.7 Å². The number of rotatable bonds is 1. The molecule has 4 rings (SSSR count). The highest BCUT2D eigenvalue weighted by Gasteiger charge is 2.43. The second-order valence-electron chi connectivity index (χ2n) is 6.21. The Morgan fingerprint density at radius 1 is 1.32 bits per heavy atom. The number of hydrogen-bond donors (Lipinski definition) is 1. The van der Waals surface area contributed by atoms with Gasteiger partial charge < -0.3 is 14.7 Å². The van der Waals surface area contributed by atoms with Crippen molar-refractivity contribution in [2.24, 2.45) is 0 Å². The van der Waals surface area contributed by atoms with Gasteiger partial charge in [-0.15, -0.1) is 0 Å². The first-order valence-electron chi connectivity index (χ1n) is 7.48. The summed E-state index contributed by atoms with van der Waals surface area (Å²) in [6, 6.07) is 6.83. The van der Waals surface area contributed by atoms with Crippen LogP contribution in [0.25, 0.3) is 0 Å². The van der Waals surface area contributed by atoms with Gasteiger partial charge in [-0.2, -0.15) is 0 Å². The molecule has 1 N–H and O–H groups in total. The number of hydrogen-bond acceptors (Lipinski definition) is 3. The molecule has 19 heavy (non-hydrogen) atoms. The molecule has 102 valence electrons. The molecule has 2 unspecified atom stereocenters. The van der Waals surface area contributed by atoms with Crippen molar-refractivity contribution in [1.29, 1.82) is 0 Å². The molecule has 2 fully saturated rings. The van der Waals surface area contributed by atoms with Crippen LogP contribution in [-0.2, 0) is 12.0 Å². The van der Waals surface area contributed by atoms with E-state index < -0.39 is 5.60 Å². The van der Waals surface area contributed by atoms with Gasteiger partial charge in [-0.05, 0) is 37.8 Å². The minimum atomic E-state index is -0.679. The van der Waals surface area contributed by atoms with Crippen LogP contribution in [0.15, 0.2) is 18.2 Å². The summed E-state index contributed by atoms with van der Waals surface area (Å²) in [5, 5.41) is 11.1. The minimum absolute atomic E-state index is 0.566. The Labute approximate surface area is 114 Å². The molecule has 0 spiro atoms. The molecular formula is C16H21NO2. The van der Waals surface area contributed by atoms with Gasteiger partial charge in [-0.25, -0.2) is 0 Å². The third kappa shape index (κ3) is 1.79. The fraction of sp³-hybridized carbons (Fsp3) is 0.625. The maximum absolute atomic E-state index is 11.1. The molecule has 0 amide bonds. The van der Waals surface area contributed by atoms with E-state index in [1.807, 2.05) is 0 Å². The van der Waals surface area contributed by atoms with Gasteiger partial charge in [0, 0.05) is 24.6 Å². The number of benzene rings is 1. The number of ether oxygens (including phenoxy) is 1. The first-order valence-corrected chi connectivity index (χ1v) is 7.48. The van der Waals surface area contributed by atoms with Gasteiger partial charge in [0.15, 0.2) is 0 Å². The van der Waals surface area contributed by atoms with E-state index in [9.17, 15) is 5.11 Å². The first kappa shape index (κ1) is 11.7. The van der Waals surface area contributed by atoms with E-state index >= 15 is 0 Å². The Balaban J connectivity index is 1.70. The summed E-state index contributed by atoms with van der Waals surface area (Å²) in [7, 11) is 0. The Hall–Kier alpha value is -1.06. The van der Waals surface area contributed by atoms with Crippen LogP contribution in [0.1, 0.15) is 36.8 Å². The molecule has 0 aromatic heterocycles. The van der Waals surface area contributed by atoms with Gasteiger partial charge in [0.2, 0.25) is 0 Å². The lowest BCUT2D eigenvalue weighted by atomic mass is 9.80. The molecule has 3 nitrogen and oxygen atoms in total. The lowest BCUT2D eigenvalue weighted by Crippen LogP contribution is -2.46. The van der Waals surface area contributed by atoms with Crippen LogP contribution >= 0.6 is 0 Å². The van der Waals surface area contributed by atoms with Crippen LogP contribution in [0.4, 0.5) is 0 Å². The Bertz CT molecular complexity index is 502. The Kier molecular flexibility index (Phi) is 2.61. The van der Waals surface area contributed by atoms with Crippen LogP contribution in [-0.4, -0.2) is 35.7 Å². The zero-order valence-electron chi connectivity index (χ0n) is 11.3. The molecule has 3 aliphatic rings. The smallest absolute Gasteiger partial charge is 0.128 e. The summed E-state index contributed by atoms with van der Waals surface area (Å²) in [6.07, 6.45) is 5.20. The summed E-state index contributed by atoms with van der Waals surface area (Å²) in [4.78, 5) is 2.54. The summed E-state index contributed by atoms with van der Waals surface area (Å²) in [5.74, 6) is 0.969. The van der Waals surface area contributed by atoms with E-state index in [0.717, 1.165) is 43.7 Å². The second kappa shape index (κ2) is 4.22. The van der Waals surface area contributed by atoms with Gasteiger partial charge in [-0.1, -0.05) is 18.2 Å². The second-order valence-corrected chi connectivity index (χ2v) is 6.21. The van der Waals surface area contributed by atoms with Crippen LogP contribution in [0.2, 0.25) is 0 Å². The molecule has 1 aromatic carbocycles. The fourth-order valence-electron chi connectivity index (χ4n) is 4.07. The molecule has 3 heterocycles. The lowest BCUT2D eigenvalue weighted by Gasteiger charge is -2.41. The summed E-state index contributed by atoms with van der Waals surface area (Å²) in [5.41, 5.74) is 1.62. The lowest BCUT2D eigenvalue weighted by molar-refractivity contribution is -0.0422. The molecule has 1 aromatic rings. The highest BCUT2D eigenvalue weighted by Crippen LogP contribution is 2.44. The van der Waals surface area contributed by atoms with Crippen LogP contribution in [0, 0.1) is 0 Å². The van der Waals surface area contributed by atoms with Crippen molar-refractivity contribution in [1.82, 2.24) is 4.90 Å². The zero-order chi connectivity index (χ0) is 12.9. The van der Waals surface area contributed by atoms with Crippen molar-refractivity contribution in [2.45, 2.75) is 43.7 Å². The van der Waals surface area contributed by atoms with Gasteiger partial charge in [0.1, 0.15) is 5.75 Å². The maximum Gasteiger partial charge on any atom is 0.128 e. The maximum atomic E-state index is 11.1. The molecule has 2 saturated heterocycles. The van der Waals surface area contributed by atoms with Gasteiger partial charge in [0.05, 0.1) is 12.2 Å². The normalized spacial score (nSPS) is 33.8. The predicted molar refractivity (Wildman–Crippen MR) is 73.4 cm³/mol. The van der Waals surface area contributed by atoms with Gasteiger partial charge in [0.25, 0.3) is 0 Å². The minimum Gasteiger partial charge on any atom is -0.493 e. The SMILES string of the molecule is OC1(c2cccc3c2OCC3)CCN2CCCC2C1. The molecule has 0 aliphatic carbocycles. The van der Waals surface area contributed by atoms with E-state index in [0.29, 0.717) is 6.04 Å². The number of nitrogens with zero attached hydrogens (tertiary/aromatic N) is 1. The van der Waals surface area contributed by atoms with Crippen LogP contribution in [0.5, 0.6) is 5.75 Å². The Morgan fingerprint density at radius 2 is 2.26 bits per heavy atom. The molecule has 3 heteroatoms. The summed E-state index contributed by atoms with van der Waals surface area (Å²) in [6.45, 7) is 2.99. The molecular weight excluding hydrogens is 238 g/mol. The van der Waals surface area contributed by atoms with Crippen molar-refractivity contribution in [3.63, 3.8) is 0 Å². The van der Waals surface area contributed by atoms with Gasteiger partial charge >= 0.3 is 0 Å². The van der Waals surface area contributed by atoms with E-state index in [1.165, 1.54) is 24.9 Å². The fourth-order valence-corrected chi connectivity index (χ4v) is 4.07. The predicted octanol–water partition coefficient (Wildman–Crippen LogP) is 2.07. The zero-order valence-corrected chi connectivity index (χ0v) is 11.3. The number of para-hydroxylation sites is 1. The molecule has 0 saturated carbocycles. The third-order valence-corrected chi connectivity index (χ3v) is 5.10. The number of aliphatic hydroxyl groups is 1. The van der Waals surface area contributed by atoms with Crippen molar-refractivity contribution in [3.05, 3.63) is 29.3 Å². The molecule has 0 bridgehead atoms. The largest absolute Gasteiger partial charge is 0.493 e. The average Bonchev–Trinajstić information content (AvgIpc) is 3.05. The van der Waals surface area contributed by atoms with Crippen LogP contribution < -0.4 is 4.74 Å².